The maximum atomic E-state index is 5.96. The number of nitrogens with zero attached hydrogens (tertiary/aromatic N) is 2. The molecule has 2 aromatic carbocycles. The summed E-state index contributed by atoms with van der Waals surface area (Å²) in [6.45, 7) is 0. The van der Waals surface area contributed by atoms with Crippen molar-refractivity contribution in [3.8, 4) is 11.5 Å². The molecule has 1 aromatic heterocycles. The van der Waals surface area contributed by atoms with Crippen LogP contribution in [0.1, 0.15) is 17.2 Å². The summed E-state index contributed by atoms with van der Waals surface area (Å²) < 4.78 is 10.7. The molecule has 0 atom stereocenters. The zero-order valence-corrected chi connectivity index (χ0v) is 14.7. The number of methoxy groups -OCH3 is 2. The van der Waals surface area contributed by atoms with E-state index in [-0.39, 0.29) is 6.04 Å². The molecule has 0 aliphatic heterocycles. The SMILES string of the molecule is COc1cccc(C(Nc2cncc(Cl)n2)c2cccc(OC)c2)c1. The van der Waals surface area contributed by atoms with Crippen LogP contribution in [0.3, 0.4) is 0 Å². The van der Waals surface area contributed by atoms with Gasteiger partial charge in [-0.15, -0.1) is 0 Å². The Balaban J connectivity index is 2.03. The molecule has 25 heavy (non-hydrogen) atoms. The number of anilines is 1. The van der Waals surface area contributed by atoms with E-state index < -0.39 is 0 Å². The fourth-order valence-electron chi connectivity index (χ4n) is 2.56. The van der Waals surface area contributed by atoms with Gasteiger partial charge in [-0.25, -0.2) is 4.98 Å². The van der Waals surface area contributed by atoms with Crippen molar-refractivity contribution in [3.63, 3.8) is 0 Å². The molecule has 0 bridgehead atoms. The zero-order chi connectivity index (χ0) is 17.6. The molecule has 0 saturated carbocycles. The lowest BCUT2D eigenvalue weighted by Gasteiger charge is -2.21. The van der Waals surface area contributed by atoms with Gasteiger partial charge in [0.2, 0.25) is 0 Å². The lowest BCUT2D eigenvalue weighted by molar-refractivity contribution is 0.413. The number of rotatable bonds is 6. The highest BCUT2D eigenvalue weighted by atomic mass is 35.5. The summed E-state index contributed by atoms with van der Waals surface area (Å²) in [6.07, 6.45) is 3.14. The first-order chi connectivity index (χ1) is 12.2. The fourth-order valence-corrected chi connectivity index (χ4v) is 2.71. The van der Waals surface area contributed by atoms with Crippen molar-refractivity contribution in [3.05, 3.63) is 77.2 Å². The number of hydrogen-bond acceptors (Lipinski definition) is 5. The van der Waals surface area contributed by atoms with Crippen LogP contribution in [0.2, 0.25) is 5.15 Å². The average molecular weight is 356 g/mol. The maximum Gasteiger partial charge on any atom is 0.149 e. The predicted molar refractivity (Wildman–Crippen MR) is 98.5 cm³/mol. The van der Waals surface area contributed by atoms with Gasteiger partial charge in [0.1, 0.15) is 22.5 Å². The minimum Gasteiger partial charge on any atom is -0.497 e. The fraction of sp³-hybridized carbons (Fsp3) is 0.158. The summed E-state index contributed by atoms with van der Waals surface area (Å²) in [4.78, 5) is 8.36. The van der Waals surface area contributed by atoms with Crippen molar-refractivity contribution in [1.29, 1.82) is 0 Å². The molecule has 0 spiro atoms. The third-order valence-corrected chi connectivity index (χ3v) is 3.93. The van der Waals surface area contributed by atoms with Crippen LogP contribution in [-0.2, 0) is 0 Å². The predicted octanol–water partition coefficient (Wildman–Crippen LogP) is 4.35. The molecule has 0 aliphatic carbocycles. The van der Waals surface area contributed by atoms with Crippen LogP contribution in [0.25, 0.3) is 0 Å². The van der Waals surface area contributed by atoms with Crippen molar-refractivity contribution >= 4 is 17.4 Å². The molecular weight excluding hydrogens is 338 g/mol. The normalized spacial score (nSPS) is 10.6. The summed E-state index contributed by atoms with van der Waals surface area (Å²) in [7, 11) is 3.30. The Morgan fingerprint density at radius 1 is 0.920 bits per heavy atom. The summed E-state index contributed by atoms with van der Waals surface area (Å²) in [5.74, 6) is 2.15. The van der Waals surface area contributed by atoms with Gasteiger partial charge in [0.05, 0.1) is 32.7 Å². The van der Waals surface area contributed by atoms with Gasteiger partial charge in [0, 0.05) is 0 Å². The molecule has 6 heteroatoms. The maximum absolute atomic E-state index is 5.96. The Morgan fingerprint density at radius 3 is 2.04 bits per heavy atom. The summed E-state index contributed by atoms with van der Waals surface area (Å²) in [6, 6.07) is 15.6. The highest BCUT2D eigenvalue weighted by molar-refractivity contribution is 6.29. The molecule has 128 valence electrons. The second-order valence-corrected chi connectivity index (χ2v) is 5.74. The Hall–Kier alpha value is -2.79. The second-order valence-electron chi connectivity index (χ2n) is 5.36. The number of benzene rings is 2. The van der Waals surface area contributed by atoms with Gasteiger partial charge in [-0.05, 0) is 35.4 Å². The van der Waals surface area contributed by atoms with Crippen LogP contribution in [0.5, 0.6) is 11.5 Å². The molecule has 0 amide bonds. The van der Waals surface area contributed by atoms with Crippen molar-refractivity contribution in [2.45, 2.75) is 6.04 Å². The van der Waals surface area contributed by atoms with Gasteiger partial charge >= 0.3 is 0 Å². The van der Waals surface area contributed by atoms with Gasteiger partial charge in [-0.1, -0.05) is 35.9 Å². The molecule has 0 unspecified atom stereocenters. The third kappa shape index (κ3) is 4.19. The van der Waals surface area contributed by atoms with E-state index in [1.54, 1.807) is 20.4 Å². The Labute approximate surface area is 151 Å². The van der Waals surface area contributed by atoms with Crippen LogP contribution >= 0.6 is 11.6 Å². The molecule has 0 fully saturated rings. The lowest BCUT2D eigenvalue weighted by atomic mass is 9.98. The molecule has 3 rings (SSSR count). The molecule has 5 nitrogen and oxygen atoms in total. The Bertz CT molecular complexity index is 810. The molecule has 1 N–H and O–H groups in total. The first-order valence-corrected chi connectivity index (χ1v) is 8.09. The van der Waals surface area contributed by atoms with Crippen LogP contribution in [-0.4, -0.2) is 24.2 Å². The van der Waals surface area contributed by atoms with Gasteiger partial charge in [-0.2, -0.15) is 0 Å². The van der Waals surface area contributed by atoms with Gasteiger partial charge in [-0.3, -0.25) is 4.98 Å². The molecular formula is C19H18ClN3O2. The van der Waals surface area contributed by atoms with Crippen LogP contribution in [0.4, 0.5) is 5.82 Å². The van der Waals surface area contributed by atoms with E-state index in [9.17, 15) is 0 Å². The van der Waals surface area contributed by atoms with E-state index in [0.29, 0.717) is 11.0 Å². The van der Waals surface area contributed by atoms with Crippen LogP contribution in [0, 0.1) is 0 Å². The molecule has 0 aliphatic rings. The summed E-state index contributed by atoms with van der Waals surface area (Å²) in [5, 5.41) is 3.72. The monoisotopic (exact) mass is 355 g/mol. The van der Waals surface area contributed by atoms with E-state index in [2.05, 4.69) is 15.3 Å². The van der Waals surface area contributed by atoms with E-state index in [1.807, 2.05) is 48.5 Å². The number of hydrogen-bond donors (Lipinski definition) is 1. The molecule has 1 heterocycles. The number of aromatic nitrogens is 2. The highest BCUT2D eigenvalue weighted by Crippen LogP contribution is 2.30. The Kier molecular flexibility index (Phi) is 5.36. The summed E-state index contributed by atoms with van der Waals surface area (Å²) in [5.41, 5.74) is 2.05. The smallest absolute Gasteiger partial charge is 0.149 e. The van der Waals surface area contributed by atoms with Crippen molar-refractivity contribution in [2.24, 2.45) is 0 Å². The third-order valence-electron chi connectivity index (χ3n) is 3.75. The number of halogens is 1. The second kappa shape index (κ2) is 7.85. The highest BCUT2D eigenvalue weighted by Gasteiger charge is 2.16. The molecule has 0 radical (unpaired) electrons. The quantitative estimate of drug-likeness (QED) is 0.712. The minimum atomic E-state index is -0.169. The molecule has 3 aromatic rings. The first-order valence-electron chi connectivity index (χ1n) is 7.71. The topological polar surface area (TPSA) is 56.3 Å². The lowest BCUT2D eigenvalue weighted by Crippen LogP contribution is -2.14. The van der Waals surface area contributed by atoms with Gasteiger partial charge in [0.25, 0.3) is 0 Å². The first kappa shape index (κ1) is 17.0. The standard InChI is InChI=1S/C19H18ClN3O2/c1-24-15-7-3-5-13(9-15)19(14-6-4-8-16(10-14)25-2)23-18-12-21-11-17(20)22-18/h3-12,19H,1-2H3,(H,22,23). The average Bonchev–Trinajstić information content (AvgIpc) is 2.66. The Morgan fingerprint density at radius 2 is 1.52 bits per heavy atom. The van der Waals surface area contributed by atoms with Crippen LogP contribution in [0.15, 0.2) is 60.9 Å². The van der Waals surface area contributed by atoms with Gasteiger partial charge < -0.3 is 14.8 Å². The van der Waals surface area contributed by atoms with E-state index in [0.717, 1.165) is 22.6 Å². The van der Waals surface area contributed by atoms with Crippen molar-refractivity contribution in [1.82, 2.24) is 9.97 Å². The number of nitrogens with one attached hydrogen (secondary N) is 1. The molecule has 0 saturated heterocycles. The largest absolute Gasteiger partial charge is 0.497 e. The summed E-state index contributed by atoms with van der Waals surface area (Å²) >= 11 is 5.96. The van der Waals surface area contributed by atoms with Crippen LogP contribution < -0.4 is 14.8 Å². The number of ether oxygens (including phenoxy) is 2. The van der Waals surface area contributed by atoms with E-state index in [4.69, 9.17) is 21.1 Å². The zero-order valence-electron chi connectivity index (χ0n) is 13.9. The van der Waals surface area contributed by atoms with Crippen molar-refractivity contribution < 1.29 is 9.47 Å². The van der Waals surface area contributed by atoms with E-state index in [1.165, 1.54) is 6.20 Å². The minimum absolute atomic E-state index is 0.169. The van der Waals surface area contributed by atoms with Crippen molar-refractivity contribution in [2.75, 3.05) is 19.5 Å². The van der Waals surface area contributed by atoms with E-state index >= 15 is 0 Å². The van der Waals surface area contributed by atoms with Gasteiger partial charge in [0.15, 0.2) is 0 Å².